The van der Waals surface area contributed by atoms with E-state index in [0.29, 0.717) is 32.8 Å². The molecule has 2 aliphatic rings. The molecule has 0 bridgehead atoms. The molecule has 1 N–H and O–H groups in total. The first-order valence-electron chi connectivity index (χ1n) is 11.4. The van der Waals surface area contributed by atoms with E-state index in [9.17, 15) is 5.11 Å². The third-order valence-electron chi connectivity index (χ3n) is 7.33. The van der Waals surface area contributed by atoms with Gasteiger partial charge in [-0.2, -0.15) is 0 Å². The number of aliphatic hydroxyl groups is 1. The number of benzene rings is 2. The molecule has 2 aromatic carbocycles. The second-order valence-corrected chi connectivity index (χ2v) is 14.5. The SMILES string of the molecule is CC1([C@@H]2COC[C@@H]2CO[Si](c2ccccc2)(c2ccccc2)C(C)(C)C)OCCC1O. The first-order valence-corrected chi connectivity index (χ1v) is 13.3. The molecule has 0 amide bonds. The number of hydrogen-bond acceptors (Lipinski definition) is 4. The number of hydrogen-bond donors (Lipinski definition) is 1. The zero-order valence-electron chi connectivity index (χ0n) is 19.2. The molecule has 2 aliphatic heterocycles. The van der Waals surface area contributed by atoms with Gasteiger partial charge in [0.1, 0.15) is 0 Å². The van der Waals surface area contributed by atoms with Gasteiger partial charge in [0.2, 0.25) is 0 Å². The van der Waals surface area contributed by atoms with Crippen LogP contribution in [0.4, 0.5) is 0 Å². The third-order valence-corrected chi connectivity index (χ3v) is 12.3. The quantitative estimate of drug-likeness (QED) is 0.700. The van der Waals surface area contributed by atoms with Crippen molar-refractivity contribution < 1.29 is 19.0 Å². The van der Waals surface area contributed by atoms with Crippen molar-refractivity contribution in [1.29, 1.82) is 0 Å². The smallest absolute Gasteiger partial charge is 0.261 e. The number of aliphatic hydroxyl groups excluding tert-OH is 1. The fourth-order valence-electron chi connectivity index (χ4n) is 5.52. The van der Waals surface area contributed by atoms with Crippen LogP contribution in [0, 0.1) is 11.8 Å². The van der Waals surface area contributed by atoms with Gasteiger partial charge in [0, 0.05) is 18.4 Å². The minimum atomic E-state index is -2.59. The average Bonchev–Trinajstić information content (AvgIpc) is 3.36. The Bertz CT molecular complexity index is 811. The van der Waals surface area contributed by atoms with Gasteiger partial charge >= 0.3 is 0 Å². The first-order chi connectivity index (χ1) is 14.8. The summed E-state index contributed by atoms with van der Waals surface area (Å²) in [7, 11) is -2.59. The Kier molecular flexibility index (Phi) is 6.43. The Morgan fingerprint density at radius 3 is 2.06 bits per heavy atom. The fraction of sp³-hybridized carbons (Fsp3) is 0.538. The Morgan fingerprint density at radius 1 is 1.00 bits per heavy atom. The predicted molar refractivity (Wildman–Crippen MR) is 126 cm³/mol. The summed E-state index contributed by atoms with van der Waals surface area (Å²) in [6.45, 7) is 11.4. The zero-order chi connectivity index (χ0) is 22.1. The van der Waals surface area contributed by atoms with Crippen molar-refractivity contribution in [2.45, 2.75) is 50.9 Å². The normalized spacial score (nSPS) is 29.4. The van der Waals surface area contributed by atoms with Crippen LogP contribution in [0.2, 0.25) is 5.04 Å². The van der Waals surface area contributed by atoms with Gasteiger partial charge in [0.25, 0.3) is 8.32 Å². The van der Waals surface area contributed by atoms with Gasteiger partial charge in [-0.05, 0) is 28.8 Å². The lowest BCUT2D eigenvalue weighted by atomic mass is 9.78. The minimum Gasteiger partial charge on any atom is -0.407 e. The lowest BCUT2D eigenvalue weighted by Crippen LogP contribution is -2.67. The molecule has 4 atom stereocenters. The molecule has 2 unspecified atom stereocenters. The van der Waals surface area contributed by atoms with Gasteiger partial charge in [0.15, 0.2) is 0 Å². The highest BCUT2D eigenvalue weighted by Gasteiger charge is 2.54. The van der Waals surface area contributed by atoms with Crippen LogP contribution in [0.5, 0.6) is 0 Å². The van der Waals surface area contributed by atoms with Crippen LogP contribution in [0.15, 0.2) is 60.7 Å². The molecule has 0 radical (unpaired) electrons. The van der Waals surface area contributed by atoms with E-state index in [4.69, 9.17) is 13.9 Å². The van der Waals surface area contributed by atoms with Crippen LogP contribution < -0.4 is 10.4 Å². The topological polar surface area (TPSA) is 47.9 Å². The van der Waals surface area contributed by atoms with E-state index in [1.165, 1.54) is 10.4 Å². The van der Waals surface area contributed by atoms with Crippen LogP contribution in [0.3, 0.4) is 0 Å². The highest BCUT2D eigenvalue weighted by Crippen LogP contribution is 2.42. The molecule has 4 nitrogen and oxygen atoms in total. The summed E-state index contributed by atoms with van der Waals surface area (Å²) in [6.07, 6.45) is 0.240. The van der Waals surface area contributed by atoms with Crippen molar-refractivity contribution in [1.82, 2.24) is 0 Å². The minimum absolute atomic E-state index is 0.0576. The summed E-state index contributed by atoms with van der Waals surface area (Å²) in [5.74, 6) is 0.322. The van der Waals surface area contributed by atoms with Crippen LogP contribution >= 0.6 is 0 Å². The van der Waals surface area contributed by atoms with Gasteiger partial charge in [0.05, 0.1) is 31.5 Å². The van der Waals surface area contributed by atoms with E-state index in [1.54, 1.807) is 0 Å². The van der Waals surface area contributed by atoms with Gasteiger partial charge in [-0.1, -0.05) is 81.4 Å². The second kappa shape index (κ2) is 8.79. The number of ether oxygens (including phenoxy) is 2. The van der Waals surface area contributed by atoms with Gasteiger partial charge in [-0.3, -0.25) is 0 Å². The van der Waals surface area contributed by atoms with Crippen molar-refractivity contribution in [2.75, 3.05) is 26.4 Å². The summed E-state index contributed by atoms with van der Waals surface area (Å²) in [4.78, 5) is 0. The maximum absolute atomic E-state index is 10.6. The molecule has 0 aromatic heterocycles. The van der Waals surface area contributed by atoms with E-state index in [2.05, 4.69) is 81.4 Å². The maximum Gasteiger partial charge on any atom is 0.261 e. The van der Waals surface area contributed by atoms with E-state index >= 15 is 0 Å². The van der Waals surface area contributed by atoms with Crippen molar-refractivity contribution >= 4 is 18.7 Å². The highest BCUT2D eigenvalue weighted by molar-refractivity contribution is 6.99. The molecular formula is C26H36O4Si. The monoisotopic (exact) mass is 440 g/mol. The van der Waals surface area contributed by atoms with Crippen molar-refractivity contribution in [3.05, 3.63) is 60.7 Å². The molecule has 2 heterocycles. The van der Waals surface area contributed by atoms with Crippen LogP contribution in [0.1, 0.15) is 34.1 Å². The molecule has 0 saturated carbocycles. The summed E-state index contributed by atoms with van der Waals surface area (Å²) in [5, 5.41) is 13.1. The molecular weight excluding hydrogens is 404 g/mol. The van der Waals surface area contributed by atoms with Crippen LogP contribution in [-0.2, 0) is 13.9 Å². The largest absolute Gasteiger partial charge is 0.407 e. The first kappa shape index (κ1) is 22.7. The Hall–Kier alpha value is -1.50. The summed E-state index contributed by atoms with van der Waals surface area (Å²) < 4.78 is 19.1. The lowest BCUT2D eigenvalue weighted by Gasteiger charge is -2.44. The molecule has 2 aromatic rings. The van der Waals surface area contributed by atoms with Crippen molar-refractivity contribution in [3.63, 3.8) is 0 Å². The molecule has 0 aliphatic carbocycles. The summed E-state index contributed by atoms with van der Waals surface area (Å²) in [6, 6.07) is 21.5. The van der Waals surface area contributed by atoms with Gasteiger partial charge in [-0.25, -0.2) is 0 Å². The van der Waals surface area contributed by atoms with E-state index in [-0.39, 0.29) is 16.9 Å². The van der Waals surface area contributed by atoms with Crippen molar-refractivity contribution in [3.8, 4) is 0 Å². The van der Waals surface area contributed by atoms with Crippen molar-refractivity contribution in [2.24, 2.45) is 11.8 Å². The highest BCUT2D eigenvalue weighted by atomic mass is 28.4. The fourth-order valence-corrected chi connectivity index (χ4v) is 10.1. The van der Waals surface area contributed by atoms with Crippen LogP contribution in [0.25, 0.3) is 0 Å². The Labute approximate surface area is 187 Å². The van der Waals surface area contributed by atoms with E-state index in [0.717, 1.165) is 0 Å². The van der Waals surface area contributed by atoms with E-state index < -0.39 is 20.0 Å². The molecule has 31 heavy (non-hydrogen) atoms. The maximum atomic E-state index is 10.6. The molecule has 5 heteroatoms. The van der Waals surface area contributed by atoms with Gasteiger partial charge in [-0.15, -0.1) is 0 Å². The number of rotatable bonds is 6. The average molecular weight is 441 g/mol. The standard InChI is InChI=1S/C26H36O4Si/c1-25(2,3)31(21-11-7-5-8-12-21,22-13-9-6-10-14-22)30-18-20-17-28-19-23(20)26(4)24(27)15-16-29-26/h5-14,20,23-24,27H,15-19H2,1-4H3/t20-,23-,24?,26?/m1/s1. The summed E-state index contributed by atoms with van der Waals surface area (Å²) >= 11 is 0. The molecule has 4 rings (SSSR count). The molecule has 2 fully saturated rings. The molecule has 0 spiro atoms. The predicted octanol–water partition coefficient (Wildman–Crippen LogP) is 3.37. The molecule has 168 valence electrons. The Morgan fingerprint density at radius 2 is 1.58 bits per heavy atom. The summed E-state index contributed by atoms with van der Waals surface area (Å²) in [5.41, 5.74) is -0.560. The second-order valence-electron chi connectivity index (χ2n) is 10.2. The van der Waals surface area contributed by atoms with Crippen LogP contribution in [-0.4, -0.2) is 51.6 Å². The van der Waals surface area contributed by atoms with Gasteiger partial charge < -0.3 is 19.0 Å². The third kappa shape index (κ3) is 4.03. The molecule has 2 saturated heterocycles. The lowest BCUT2D eigenvalue weighted by molar-refractivity contribution is -0.0976. The van der Waals surface area contributed by atoms with E-state index in [1.807, 2.05) is 6.92 Å². The zero-order valence-corrected chi connectivity index (χ0v) is 20.2. The Balaban J connectivity index is 1.69.